The van der Waals surface area contributed by atoms with Crippen LogP contribution in [0, 0.1) is 5.41 Å². The second-order valence-corrected chi connectivity index (χ2v) is 5.49. The smallest absolute Gasteiger partial charge is 0.123 e. The summed E-state index contributed by atoms with van der Waals surface area (Å²) in [4.78, 5) is 6.36. The number of rotatable bonds is 4. The average molecular weight is 325 g/mol. The van der Waals surface area contributed by atoms with Gasteiger partial charge in [0.05, 0.1) is 17.7 Å². The third kappa shape index (κ3) is 2.88. The van der Waals surface area contributed by atoms with Crippen LogP contribution in [0.2, 0.25) is 0 Å². The Morgan fingerprint density at radius 1 is 1.56 bits per heavy atom. The van der Waals surface area contributed by atoms with Crippen LogP contribution in [-0.4, -0.2) is 17.9 Å². The molecule has 0 atom stereocenters. The average Bonchev–Trinajstić information content (AvgIpc) is 2.81. The highest BCUT2D eigenvalue weighted by Gasteiger charge is 2.08. The van der Waals surface area contributed by atoms with Gasteiger partial charge in [0.25, 0.3) is 0 Å². The molecule has 0 saturated carbocycles. The number of thiazole rings is 1. The van der Waals surface area contributed by atoms with Gasteiger partial charge in [-0.1, -0.05) is 0 Å². The maximum absolute atomic E-state index is 7.44. The lowest BCUT2D eigenvalue weighted by Gasteiger charge is -2.19. The van der Waals surface area contributed by atoms with Crippen LogP contribution in [0.5, 0.6) is 0 Å². The fraction of sp³-hybridized carbons (Fsp3) is 0.167. The first-order chi connectivity index (χ1) is 8.58. The number of nitrogens with two attached hydrogens (primary N) is 1. The third-order valence-corrected chi connectivity index (χ3v) is 3.86. The van der Waals surface area contributed by atoms with E-state index in [1.54, 1.807) is 11.3 Å². The van der Waals surface area contributed by atoms with Crippen LogP contribution in [0.4, 0.5) is 5.69 Å². The van der Waals surface area contributed by atoms with Crippen molar-refractivity contribution in [2.24, 2.45) is 5.73 Å². The molecule has 0 aliphatic heterocycles. The molecule has 2 rings (SSSR count). The van der Waals surface area contributed by atoms with E-state index in [9.17, 15) is 0 Å². The molecule has 0 amide bonds. The van der Waals surface area contributed by atoms with Crippen molar-refractivity contribution in [3.8, 4) is 0 Å². The van der Waals surface area contributed by atoms with Crippen LogP contribution in [0.1, 0.15) is 11.3 Å². The predicted molar refractivity (Wildman–Crippen MR) is 79.4 cm³/mol. The van der Waals surface area contributed by atoms with Crippen LogP contribution in [0.15, 0.2) is 33.6 Å². The van der Waals surface area contributed by atoms with Crippen LogP contribution in [0.25, 0.3) is 0 Å². The Morgan fingerprint density at radius 3 is 2.89 bits per heavy atom. The van der Waals surface area contributed by atoms with E-state index in [0.717, 1.165) is 22.4 Å². The number of amidine groups is 1. The number of nitrogens with one attached hydrogen (secondary N) is 1. The van der Waals surface area contributed by atoms with Gasteiger partial charge in [-0.3, -0.25) is 5.41 Å². The molecule has 1 aromatic carbocycles. The molecule has 0 radical (unpaired) electrons. The van der Waals surface area contributed by atoms with E-state index in [1.807, 2.05) is 36.1 Å². The minimum Gasteiger partial charge on any atom is -0.384 e. The monoisotopic (exact) mass is 324 g/mol. The SMILES string of the molecule is CN(Cc1cscn1)c1ccc(C(=N)N)c(Br)c1. The zero-order valence-corrected chi connectivity index (χ0v) is 12.3. The van der Waals surface area contributed by atoms with E-state index >= 15 is 0 Å². The van der Waals surface area contributed by atoms with Crippen molar-refractivity contribution in [2.75, 3.05) is 11.9 Å². The first-order valence-electron chi connectivity index (χ1n) is 5.30. The Labute approximate surface area is 118 Å². The molecule has 0 aliphatic carbocycles. The van der Waals surface area contributed by atoms with Crippen LogP contribution < -0.4 is 10.6 Å². The zero-order valence-electron chi connectivity index (χ0n) is 9.85. The van der Waals surface area contributed by atoms with Crippen molar-refractivity contribution in [2.45, 2.75) is 6.54 Å². The van der Waals surface area contributed by atoms with E-state index < -0.39 is 0 Å². The maximum atomic E-state index is 7.44. The Morgan fingerprint density at radius 2 is 2.33 bits per heavy atom. The Balaban J connectivity index is 2.18. The largest absolute Gasteiger partial charge is 0.384 e. The lowest BCUT2D eigenvalue weighted by Crippen LogP contribution is -2.17. The van der Waals surface area contributed by atoms with Gasteiger partial charge in [0.1, 0.15) is 5.84 Å². The van der Waals surface area contributed by atoms with Crippen LogP contribution in [0.3, 0.4) is 0 Å². The number of hydrogen-bond acceptors (Lipinski definition) is 4. The Hall–Kier alpha value is -1.40. The summed E-state index contributed by atoms with van der Waals surface area (Å²) >= 11 is 5.03. The van der Waals surface area contributed by atoms with Crippen molar-refractivity contribution in [1.82, 2.24) is 4.98 Å². The number of nitrogen functional groups attached to an aromatic ring is 1. The van der Waals surface area contributed by atoms with Crippen molar-refractivity contribution in [1.29, 1.82) is 5.41 Å². The van der Waals surface area contributed by atoms with Crippen molar-refractivity contribution in [3.05, 3.63) is 44.8 Å². The van der Waals surface area contributed by atoms with E-state index in [2.05, 4.69) is 25.8 Å². The zero-order chi connectivity index (χ0) is 13.1. The molecule has 4 nitrogen and oxygen atoms in total. The molecule has 0 bridgehead atoms. The lowest BCUT2D eigenvalue weighted by molar-refractivity contribution is 0.894. The van der Waals surface area contributed by atoms with Gasteiger partial charge in [-0.15, -0.1) is 11.3 Å². The summed E-state index contributed by atoms with van der Waals surface area (Å²) in [6, 6.07) is 5.76. The van der Waals surface area contributed by atoms with Gasteiger partial charge in [0, 0.05) is 28.2 Å². The highest BCUT2D eigenvalue weighted by Crippen LogP contribution is 2.24. The van der Waals surface area contributed by atoms with E-state index in [4.69, 9.17) is 11.1 Å². The number of halogens is 1. The van der Waals surface area contributed by atoms with Gasteiger partial charge in [0.15, 0.2) is 0 Å². The van der Waals surface area contributed by atoms with Gasteiger partial charge in [-0.2, -0.15) is 0 Å². The molecule has 0 aliphatic rings. The topological polar surface area (TPSA) is 66.0 Å². The highest BCUT2D eigenvalue weighted by molar-refractivity contribution is 9.10. The molecule has 2 aromatic rings. The van der Waals surface area contributed by atoms with Crippen LogP contribution >= 0.6 is 27.3 Å². The normalized spacial score (nSPS) is 10.3. The first-order valence-corrected chi connectivity index (χ1v) is 7.03. The summed E-state index contributed by atoms with van der Waals surface area (Å²) in [6.07, 6.45) is 0. The summed E-state index contributed by atoms with van der Waals surface area (Å²) in [6.45, 7) is 0.759. The molecule has 6 heteroatoms. The molecule has 1 aromatic heterocycles. The van der Waals surface area contributed by atoms with E-state index in [0.29, 0.717) is 5.56 Å². The minimum atomic E-state index is 0.0654. The maximum Gasteiger partial charge on any atom is 0.123 e. The highest BCUT2D eigenvalue weighted by atomic mass is 79.9. The summed E-state index contributed by atoms with van der Waals surface area (Å²) in [5.41, 5.74) is 10.1. The van der Waals surface area contributed by atoms with Gasteiger partial charge in [-0.25, -0.2) is 4.98 Å². The van der Waals surface area contributed by atoms with Crippen molar-refractivity contribution in [3.63, 3.8) is 0 Å². The number of nitrogens with zero attached hydrogens (tertiary/aromatic N) is 2. The number of benzene rings is 1. The van der Waals surface area contributed by atoms with Crippen molar-refractivity contribution >= 4 is 38.8 Å². The number of anilines is 1. The summed E-state index contributed by atoms with van der Waals surface area (Å²) in [5, 5.41) is 9.48. The van der Waals surface area contributed by atoms with Gasteiger partial charge in [0.2, 0.25) is 0 Å². The fourth-order valence-electron chi connectivity index (χ4n) is 1.61. The molecular weight excluding hydrogens is 312 g/mol. The number of aromatic nitrogens is 1. The second kappa shape index (κ2) is 5.49. The molecule has 0 unspecified atom stereocenters. The second-order valence-electron chi connectivity index (χ2n) is 3.91. The molecular formula is C12H13BrN4S. The van der Waals surface area contributed by atoms with Gasteiger partial charge >= 0.3 is 0 Å². The van der Waals surface area contributed by atoms with Gasteiger partial charge in [-0.05, 0) is 34.1 Å². The van der Waals surface area contributed by atoms with E-state index in [-0.39, 0.29) is 5.84 Å². The Bertz CT molecular complexity index is 553. The van der Waals surface area contributed by atoms with Crippen molar-refractivity contribution < 1.29 is 0 Å². The fourth-order valence-corrected chi connectivity index (χ4v) is 2.74. The standard InChI is InChI=1S/C12H13BrN4S/c1-17(5-8-6-18-7-16-8)9-2-3-10(12(14)15)11(13)4-9/h2-4,6-7H,5H2,1H3,(H3,14,15). The number of hydrogen-bond donors (Lipinski definition) is 2. The molecule has 0 saturated heterocycles. The van der Waals surface area contributed by atoms with Crippen LogP contribution in [-0.2, 0) is 6.54 Å². The van der Waals surface area contributed by atoms with Gasteiger partial charge < -0.3 is 10.6 Å². The molecule has 0 fully saturated rings. The summed E-state index contributed by atoms with van der Waals surface area (Å²) < 4.78 is 0.831. The van der Waals surface area contributed by atoms with E-state index in [1.165, 1.54) is 0 Å². The third-order valence-electron chi connectivity index (χ3n) is 2.57. The molecule has 0 spiro atoms. The Kier molecular flexibility index (Phi) is 3.98. The lowest BCUT2D eigenvalue weighted by atomic mass is 10.2. The minimum absolute atomic E-state index is 0.0654. The predicted octanol–water partition coefficient (Wildman–Crippen LogP) is 2.83. The first kappa shape index (κ1) is 13.0. The summed E-state index contributed by atoms with van der Waals surface area (Å²) in [7, 11) is 2.01. The molecule has 1 heterocycles. The molecule has 94 valence electrons. The molecule has 3 N–H and O–H groups in total. The quantitative estimate of drug-likeness (QED) is 0.671. The molecule has 18 heavy (non-hydrogen) atoms. The summed E-state index contributed by atoms with van der Waals surface area (Å²) in [5.74, 6) is 0.0654.